The van der Waals surface area contributed by atoms with Crippen LogP contribution in [0.1, 0.15) is 5.56 Å². The maximum absolute atomic E-state index is 11.5. The average Bonchev–Trinajstić information content (AvgIpc) is 2.81. The standard InChI is InChI=1S/C13H12N2O.ClH/c16-13(10-15-9-8-14-11-15)7-6-12-4-2-1-3-5-12;/h1-9,11H,10H2;1H. The van der Waals surface area contributed by atoms with E-state index in [1.165, 1.54) is 0 Å². The fourth-order valence-electron chi connectivity index (χ4n) is 1.37. The van der Waals surface area contributed by atoms with E-state index in [2.05, 4.69) is 4.98 Å². The summed E-state index contributed by atoms with van der Waals surface area (Å²) >= 11 is 0. The molecule has 17 heavy (non-hydrogen) atoms. The summed E-state index contributed by atoms with van der Waals surface area (Å²) in [6, 6.07) is 9.76. The maximum Gasteiger partial charge on any atom is 0.175 e. The Balaban J connectivity index is 0.00000144. The van der Waals surface area contributed by atoms with Gasteiger partial charge in [0.25, 0.3) is 0 Å². The van der Waals surface area contributed by atoms with E-state index in [0.29, 0.717) is 6.54 Å². The Morgan fingerprint density at radius 3 is 2.71 bits per heavy atom. The van der Waals surface area contributed by atoms with Crippen LogP contribution in [-0.4, -0.2) is 15.3 Å². The van der Waals surface area contributed by atoms with Crippen molar-refractivity contribution in [2.45, 2.75) is 6.54 Å². The van der Waals surface area contributed by atoms with Crippen molar-refractivity contribution in [1.29, 1.82) is 0 Å². The summed E-state index contributed by atoms with van der Waals surface area (Å²) < 4.78 is 1.75. The average molecular weight is 249 g/mol. The van der Waals surface area contributed by atoms with Crippen LogP contribution in [0.25, 0.3) is 6.08 Å². The highest BCUT2D eigenvalue weighted by Crippen LogP contribution is 2.01. The van der Waals surface area contributed by atoms with Crippen molar-refractivity contribution in [2.24, 2.45) is 0 Å². The first kappa shape index (κ1) is 13.2. The van der Waals surface area contributed by atoms with Crippen LogP contribution in [0.5, 0.6) is 0 Å². The van der Waals surface area contributed by atoms with Gasteiger partial charge in [0.15, 0.2) is 5.78 Å². The minimum absolute atomic E-state index is 0. The van der Waals surface area contributed by atoms with E-state index in [9.17, 15) is 4.79 Å². The monoisotopic (exact) mass is 248 g/mol. The van der Waals surface area contributed by atoms with E-state index < -0.39 is 0 Å². The third-order valence-corrected chi connectivity index (χ3v) is 2.16. The maximum atomic E-state index is 11.5. The normalized spacial score (nSPS) is 10.1. The van der Waals surface area contributed by atoms with Crippen LogP contribution < -0.4 is 0 Å². The van der Waals surface area contributed by atoms with Gasteiger partial charge in [-0.15, -0.1) is 12.4 Å². The topological polar surface area (TPSA) is 34.9 Å². The summed E-state index contributed by atoms with van der Waals surface area (Å²) in [6.45, 7) is 0.337. The molecular formula is C13H13ClN2O. The number of hydrogen-bond donors (Lipinski definition) is 0. The predicted octanol–water partition coefficient (Wildman–Crippen LogP) is 2.59. The van der Waals surface area contributed by atoms with E-state index in [0.717, 1.165) is 5.56 Å². The fraction of sp³-hybridized carbons (Fsp3) is 0.0769. The second kappa shape index (κ2) is 6.66. The smallest absolute Gasteiger partial charge is 0.175 e. The summed E-state index contributed by atoms with van der Waals surface area (Å²) in [4.78, 5) is 15.4. The van der Waals surface area contributed by atoms with Crippen LogP contribution in [0.2, 0.25) is 0 Å². The highest BCUT2D eigenvalue weighted by atomic mass is 35.5. The van der Waals surface area contributed by atoms with Crippen molar-refractivity contribution in [3.05, 3.63) is 60.7 Å². The third kappa shape index (κ3) is 4.25. The zero-order valence-electron chi connectivity index (χ0n) is 9.19. The van der Waals surface area contributed by atoms with Crippen molar-refractivity contribution in [3.63, 3.8) is 0 Å². The van der Waals surface area contributed by atoms with Crippen LogP contribution in [0, 0.1) is 0 Å². The number of carbonyl (C=O) groups excluding carboxylic acids is 1. The molecule has 0 saturated heterocycles. The molecule has 88 valence electrons. The van der Waals surface area contributed by atoms with Crippen LogP contribution in [0.3, 0.4) is 0 Å². The number of benzene rings is 1. The largest absolute Gasteiger partial charge is 0.330 e. The molecule has 0 unspecified atom stereocenters. The molecule has 0 saturated carbocycles. The molecule has 0 fully saturated rings. The van der Waals surface area contributed by atoms with Crippen molar-refractivity contribution >= 4 is 24.3 Å². The Morgan fingerprint density at radius 2 is 2.06 bits per heavy atom. The van der Waals surface area contributed by atoms with Gasteiger partial charge in [-0.3, -0.25) is 4.79 Å². The number of imidazole rings is 1. The van der Waals surface area contributed by atoms with E-state index in [1.807, 2.05) is 36.4 Å². The van der Waals surface area contributed by atoms with E-state index in [4.69, 9.17) is 0 Å². The van der Waals surface area contributed by atoms with Gasteiger partial charge in [-0.2, -0.15) is 0 Å². The van der Waals surface area contributed by atoms with Crippen molar-refractivity contribution in [3.8, 4) is 0 Å². The van der Waals surface area contributed by atoms with Crippen molar-refractivity contribution in [1.82, 2.24) is 9.55 Å². The first-order valence-electron chi connectivity index (χ1n) is 5.06. The molecular weight excluding hydrogens is 236 g/mol. The zero-order chi connectivity index (χ0) is 11.2. The second-order valence-corrected chi connectivity index (χ2v) is 3.45. The summed E-state index contributed by atoms with van der Waals surface area (Å²) in [6.07, 6.45) is 8.48. The summed E-state index contributed by atoms with van der Waals surface area (Å²) in [5, 5.41) is 0. The zero-order valence-corrected chi connectivity index (χ0v) is 10.0. The molecule has 3 nitrogen and oxygen atoms in total. The molecule has 0 N–H and O–H groups in total. The molecule has 0 aliphatic carbocycles. The first-order valence-corrected chi connectivity index (χ1v) is 5.06. The van der Waals surface area contributed by atoms with Gasteiger partial charge in [-0.05, 0) is 11.6 Å². The predicted molar refractivity (Wildman–Crippen MR) is 70.0 cm³/mol. The van der Waals surface area contributed by atoms with Crippen molar-refractivity contribution < 1.29 is 4.79 Å². The van der Waals surface area contributed by atoms with Gasteiger partial charge < -0.3 is 4.57 Å². The number of allylic oxidation sites excluding steroid dienone is 1. The lowest BCUT2D eigenvalue weighted by molar-refractivity contribution is -0.115. The lowest BCUT2D eigenvalue weighted by atomic mass is 10.2. The SMILES string of the molecule is Cl.O=C(C=Cc1ccccc1)Cn1ccnc1. The number of carbonyl (C=O) groups is 1. The van der Waals surface area contributed by atoms with Crippen LogP contribution in [-0.2, 0) is 11.3 Å². The molecule has 0 aliphatic heterocycles. The molecule has 0 amide bonds. The molecule has 2 aromatic rings. The lowest BCUT2D eigenvalue weighted by Gasteiger charge is -1.96. The van der Waals surface area contributed by atoms with Gasteiger partial charge in [0, 0.05) is 12.4 Å². The highest BCUT2D eigenvalue weighted by Gasteiger charge is 1.97. The van der Waals surface area contributed by atoms with Gasteiger partial charge >= 0.3 is 0 Å². The number of ketones is 1. The fourth-order valence-corrected chi connectivity index (χ4v) is 1.37. The highest BCUT2D eigenvalue weighted by molar-refractivity contribution is 5.93. The molecule has 1 aromatic heterocycles. The molecule has 0 spiro atoms. The van der Waals surface area contributed by atoms with Gasteiger partial charge in [0.2, 0.25) is 0 Å². The Bertz CT molecular complexity index is 477. The minimum Gasteiger partial charge on any atom is -0.330 e. The molecule has 0 aliphatic rings. The Morgan fingerprint density at radius 1 is 1.29 bits per heavy atom. The van der Waals surface area contributed by atoms with Crippen LogP contribution >= 0.6 is 12.4 Å². The number of rotatable bonds is 4. The molecule has 1 aromatic carbocycles. The van der Waals surface area contributed by atoms with Gasteiger partial charge in [-0.1, -0.05) is 36.4 Å². The molecule has 2 rings (SSSR count). The lowest BCUT2D eigenvalue weighted by Crippen LogP contribution is -2.04. The Hall–Kier alpha value is -1.87. The quantitative estimate of drug-likeness (QED) is 0.780. The number of aromatic nitrogens is 2. The number of halogens is 1. The molecule has 4 heteroatoms. The summed E-state index contributed by atoms with van der Waals surface area (Å²) in [5.74, 6) is 0.0573. The van der Waals surface area contributed by atoms with E-state index >= 15 is 0 Å². The number of nitrogens with zero attached hydrogens (tertiary/aromatic N) is 2. The minimum atomic E-state index is 0. The molecule has 1 heterocycles. The summed E-state index contributed by atoms with van der Waals surface area (Å²) in [7, 11) is 0. The van der Waals surface area contributed by atoms with Gasteiger partial charge in [0.05, 0.1) is 12.9 Å². The molecule has 0 bridgehead atoms. The van der Waals surface area contributed by atoms with E-state index in [-0.39, 0.29) is 18.2 Å². The Labute approximate surface area is 106 Å². The van der Waals surface area contributed by atoms with Crippen molar-refractivity contribution in [2.75, 3.05) is 0 Å². The van der Waals surface area contributed by atoms with Gasteiger partial charge in [-0.25, -0.2) is 4.98 Å². The van der Waals surface area contributed by atoms with Crippen LogP contribution in [0.15, 0.2) is 55.1 Å². The summed E-state index contributed by atoms with van der Waals surface area (Å²) in [5.41, 5.74) is 1.03. The van der Waals surface area contributed by atoms with E-state index in [1.54, 1.807) is 29.4 Å². The Kier molecular flexibility index (Phi) is 5.17. The molecule has 0 atom stereocenters. The second-order valence-electron chi connectivity index (χ2n) is 3.45. The number of hydrogen-bond acceptors (Lipinski definition) is 2. The third-order valence-electron chi connectivity index (χ3n) is 2.16. The first-order chi connectivity index (χ1) is 7.84. The van der Waals surface area contributed by atoms with Crippen LogP contribution in [0.4, 0.5) is 0 Å². The van der Waals surface area contributed by atoms with Gasteiger partial charge in [0.1, 0.15) is 0 Å². The molecule has 0 radical (unpaired) electrons.